The second-order valence-corrected chi connectivity index (χ2v) is 5.35. The first-order valence-corrected chi connectivity index (χ1v) is 7.34. The summed E-state index contributed by atoms with van der Waals surface area (Å²) in [6, 6.07) is 11.9. The standard InChI is InChI=1S/C18H21F2N/c1-3-9-21-18(12-14-5-4-6-16(19)11-14)15-7-8-17(20)13(2)10-15/h4-8,10-11,18,21H,3,9,12H2,1-2H3. The highest BCUT2D eigenvalue weighted by atomic mass is 19.1. The summed E-state index contributed by atoms with van der Waals surface area (Å²) in [5.41, 5.74) is 2.60. The van der Waals surface area contributed by atoms with Gasteiger partial charge in [-0.2, -0.15) is 0 Å². The van der Waals surface area contributed by atoms with E-state index in [9.17, 15) is 8.78 Å². The quantitative estimate of drug-likeness (QED) is 0.822. The van der Waals surface area contributed by atoms with E-state index in [4.69, 9.17) is 0 Å². The van der Waals surface area contributed by atoms with Gasteiger partial charge in [0.1, 0.15) is 11.6 Å². The number of hydrogen-bond acceptors (Lipinski definition) is 1. The Kier molecular flexibility index (Phi) is 5.45. The van der Waals surface area contributed by atoms with Crippen LogP contribution in [0.1, 0.15) is 36.1 Å². The number of rotatable bonds is 6. The third kappa shape index (κ3) is 4.36. The van der Waals surface area contributed by atoms with Crippen LogP contribution >= 0.6 is 0 Å². The van der Waals surface area contributed by atoms with Gasteiger partial charge in [-0.05, 0) is 61.2 Å². The molecule has 1 nitrogen and oxygen atoms in total. The van der Waals surface area contributed by atoms with Crippen molar-refractivity contribution in [1.82, 2.24) is 5.32 Å². The molecule has 2 aromatic rings. The summed E-state index contributed by atoms with van der Waals surface area (Å²) in [5.74, 6) is -0.421. The van der Waals surface area contributed by atoms with Gasteiger partial charge < -0.3 is 5.32 Å². The molecule has 1 atom stereocenters. The van der Waals surface area contributed by atoms with Crippen molar-refractivity contribution >= 4 is 0 Å². The summed E-state index contributed by atoms with van der Waals surface area (Å²) in [6.45, 7) is 4.73. The summed E-state index contributed by atoms with van der Waals surface area (Å²) < 4.78 is 26.7. The monoisotopic (exact) mass is 289 g/mol. The van der Waals surface area contributed by atoms with E-state index in [1.165, 1.54) is 12.1 Å². The van der Waals surface area contributed by atoms with Crippen molar-refractivity contribution in [2.24, 2.45) is 0 Å². The third-order valence-electron chi connectivity index (χ3n) is 3.55. The first-order valence-electron chi connectivity index (χ1n) is 7.34. The number of benzene rings is 2. The highest BCUT2D eigenvalue weighted by Crippen LogP contribution is 2.21. The normalized spacial score (nSPS) is 12.4. The van der Waals surface area contributed by atoms with Crippen molar-refractivity contribution in [2.45, 2.75) is 32.7 Å². The molecule has 2 rings (SSSR count). The molecule has 1 unspecified atom stereocenters. The molecule has 21 heavy (non-hydrogen) atoms. The van der Waals surface area contributed by atoms with Gasteiger partial charge in [0.05, 0.1) is 0 Å². The second-order valence-electron chi connectivity index (χ2n) is 5.35. The van der Waals surface area contributed by atoms with E-state index in [1.54, 1.807) is 25.1 Å². The highest BCUT2D eigenvalue weighted by Gasteiger charge is 2.13. The molecule has 0 aromatic heterocycles. The van der Waals surface area contributed by atoms with Crippen LogP contribution in [0.2, 0.25) is 0 Å². The van der Waals surface area contributed by atoms with Gasteiger partial charge >= 0.3 is 0 Å². The average Bonchev–Trinajstić information content (AvgIpc) is 2.46. The predicted octanol–water partition coefficient (Wildman–Crippen LogP) is 4.56. The Hall–Kier alpha value is -1.74. The van der Waals surface area contributed by atoms with E-state index in [0.29, 0.717) is 12.0 Å². The number of nitrogens with one attached hydrogen (secondary N) is 1. The summed E-state index contributed by atoms with van der Waals surface area (Å²) in [7, 11) is 0. The average molecular weight is 289 g/mol. The van der Waals surface area contributed by atoms with Crippen LogP contribution in [0.15, 0.2) is 42.5 Å². The van der Waals surface area contributed by atoms with Gasteiger partial charge in [0.25, 0.3) is 0 Å². The van der Waals surface area contributed by atoms with Crippen molar-refractivity contribution in [1.29, 1.82) is 0 Å². The minimum atomic E-state index is -0.225. The Labute approximate surface area is 125 Å². The molecule has 112 valence electrons. The zero-order valence-electron chi connectivity index (χ0n) is 12.5. The maximum absolute atomic E-state index is 13.4. The Balaban J connectivity index is 2.22. The summed E-state index contributed by atoms with van der Waals surface area (Å²) in [6.07, 6.45) is 1.70. The van der Waals surface area contributed by atoms with Crippen LogP contribution in [-0.2, 0) is 6.42 Å². The summed E-state index contributed by atoms with van der Waals surface area (Å²) in [5, 5.41) is 3.46. The molecular weight excluding hydrogens is 268 g/mol. The Morgan fingerprint density at radius 2 is 1.90 bits per heavy atom. The minimum Gasteiger partial charge on any atom is -0.310 e. The van der Waals surface area contributed by atoms with Gasteiger partial charge in [-0.1, -0.05) is 31.2 Å². The van der Waals surface area contributed by atoms with E-state index in [1.807, 2.05) is 12.1 Å². The molecule has 0 aliphatic rings. The van der Waals surface area contributed by atoms with Crippen molar-refractivity contribution < 1.29 is 8.78 Å². The van der Waals surface area contributed by atoms with E-state index in [2.05, 4.69) is 12.2 Å². The Morgan fingerprint density at radius 1 is 1.10 bits per heavy atom. The van der Waals surface area contributed by atoms with E-state index >= 15 is 0 Å². The molecule has 0 bridgehead atoms. The molecule has 2 aromatic carbocycles. The molecule has 0 fully saturated rings. The molecule has 0 radical (unpaired) electrons. The lowest BCUT2D eigenvalue weighted by molar-refractivity contribution is 0.525. The topological polar surface area (TPSA) is 12.0 Å². The second kappa shape index (κ2) is 7.32. The lowest BCUT2D eigenvalue weighted by atomic mass is 9.97. The van der Waals surface area contributed by atoms with E-state index < -0.39 is 0 Å². The van der Waals surface area contributed by atoms with Gasteiger partial charge in [0.2, 0.25) is 0 Å². The number of hydrogen-bond donors (Lipinski definition) is 1. The van der Waals surface area contributed by atoms with Crippen molar-refractivity contribution in [3.8, 4) is 0 Å². The van der Waals surface area contributed by atoms with Gasteiger partial charge in [-0.25, -0.2) is 8.78 Å². The van der Waals surface area contributed by atoms with Crippen molar-refractivity contribution in [3.05, 3.63) is 70.8 Å². The summed E-state index contributed by atoms with van der Waals surface area (Å²) >= 11 is 0. The molecule has 0 aliphatic heterocycles. The first kappa shape index (κ1) is 15.6. The van der Waals surface area contributed by atoms with Gasteiger partial charge in [-0.3, -0.25) is 0 Å². The van der Waals surface area contributed by atoms with Crippen LogP contribution < -0.4 is 5.32 Å². The Morgan fingerprint density at radius 3 is 2.57 bits per heavy atom. The Bertz CT molecular complexity index is 596. The van der Waals surface area contributed by atoms with Crippen LogP contribution in [0.25, 0.3) is 0 Å². The van der Waals surface area contributed by atoms with Crippen LogP contribution in [0.3, 0.4) is 0 Å². The molecule has 0 heterocycles. The minimum absolute atomic E-state index is 0.0612. The van der Waals surface area contributed by atoms with Crippen LogP contribution in [0, 0.1) is 18.6 Å². The number of aryl methyl sites for hydroxylation is 1. The molecule has 0 saturated heterocycles. The zero-order valence-corrected chi connectivity index (χ0v) is 12.5. The molecule has 0 aliphatic carbocycles. The van der Waals surface area contributed by atoms with Gasteiger partial charge in [-0.15, -0.1) is 0 Å². The van der Waals surface area contributed by atoms with Crippen LogP contribution in [0.4, 0.5) is 8.78 Å². The molecule has 1 N–H and O–H groups in total. The molecule has 0 saturated carbocycles. The lowest BCUT2D eigenvalue weighted by Gasteiger charge is -2.20. The molecule has 3 heteroatoms. The maximum Gasteiger partial charge on any atom is 0.126 e. The first-order chi connectivity index (χ1) is 10.1. The van der Waals surface area contributed by atoms with E-state index in [0.717, 1.165) is 24.1 Å². The largest absolute Gasteiger partial charge is 0.310 e. The molecule has 0 amide bonds. The summed E-state index contributed by atoms with van der Waals surface area (Å²) in [4.78, 5) is 0. The van der Waals surface area contributed by atoms with Gasteiger partial charge in [0, 0.05) is 6.04 Å². The van der Waals surface area contributed by atoms with Crippen LogP contribution in [0.5, 0.6) is 0 Å². The fourth-order valence-electron chi connectivity index (χ4n) is 2.41. The smallest absolute Gasteiger partial charge is 0.126 e. The van der Waals surface area contributed by atoms with E-state index in [-0.39, 0.29) is 17.7 Å². The van der Waals surface area contributed by atoms with Gasteiger partial charge in [0.15, 0.2) is 0 Å². The van der Waals surface area contributed by atoms with Crippen LogP contribution in [-0.4, -0.2) is 6.54 Å². The predicted molar refractivity (Wildman–Crippen MR) is 82.3 cm³/mol. The van der Waals surface area contributed by atoms with Crippen molar-refractivity contribution in [2.75, 3.05) is 6.54 Å². The fourth-order valence-corrected chi connectivity index (χ4v) is 2.41. The molecular formula is C18H21F2N. The fraction of sp³-hybridized carbons (Fsp3) is 0.333. The number of halogens is 2. The zero-order chi connectivity index (χ0) is 15.2. The van der Waals surface area contributed by atoms with Crippen molar-refractivity contribution in [3.63, 3.8) is 0 Å². The SMILES string of the molecule is CCCNC(Cc1cccc(F)c1)c1ccc(F)c(C)c1. The lowest BCUT2D eigenvalue weighted by Crippen LogP contribution is -2.24. The highest BCUT2D eigenvalue weighted by molar-refractivity contribution is 5.28. The third-order valence-corrected chi connectivity index (χ3v) is 3.55. The molecule has 0 spiro atoms. The maximum atomic E-state index is 13.4.